The molecule has 57 heavy (non-hydrogen) atoms. The molecule has 0 aromatic heterocycles. The molecular formula is C48H97N2O6P. The molecule has 0 aromatic rings. The summed E-state index contributed by atoms with van der Waals surface area (Å²) in [7, 11) is 1.27. The Hall–Kier alpha value is -0.760. The van der Waals surface area contributed by atoms with Crippen molar-refractivity contribution in [2.24, 2.45) is 0 Å². The number of carbonyl (C=O) groups is 1. The smallest absolute Gasteiger partial charge is 0.268 e. The summed E-state index contributed by atoms with van der Waals surface area (Å²) >= 11 is 0. The quantitative estimate of drug-likeness (QED) is 0.0274. The molecule has 0 aromatic carbocycles. The van der Waals surface area contributed by atoms with Crippen LogP contribution in [0, 0.1) is 0 Å². The number of hydrogen-bond acceptors (Lipinski definition) is 6. The Morgan fingerprint density at radius 1 is 0.596 bits per heavy atom. The standard InChI is InChI=1S/C48H97N2O6P/c1-6-8-10-12-14-16-17-18-19-20-21-22-23-24-25-26-27-28-29-30-31-32-34-36-38-40-42-48(52)49-46(45-56-57(53,54)55-44-43-50(3,4)5)47(51)41-39-37-35-33-15-13-11-9-7-2/h39,41,46-47,51H,6-38,40,42-45H2,1-5H3,(H-,49,52,53,54)/b41-39+/t46-,47+/m0/s1. The number of nitrogens with one attached hydrogen (secondary N) is 1. The molecule has 2 N–H and O–H groups in total. The highest BCUT2D eigenvalue weighted by Crippen LogP contribution is 2.38. The van der Waals surface area contributed by atoms with Crippen LogP contribution in [0.25, 0.3) is 0 Å². The highest BCUT2D eigenvalue weighted by atomic mass is 31.2. The molecule has 0 spiro atoms. The van der Waals surface area contributed by atoms with Crippen molar-refractivity contribution in [2.75, 3.05) is 40.9 Å². The number of aliphatic hydroxyl groups is 1. The van der Waals surface area contributed by atoms with Crippen molar-refractivity contribution in [3.05, 3.63) is 12.2 Å². The van der Waals surface area contributed by atoms with E-state index in [2.05, 4.69) is 19.2 Å². The van der Waals surface area contributed by atoms with Gasteiger partial charge in [-0.3, -0.25) is 9.36 Å². The molecule has 3 atom stereocenters. The van der Waals surface area contributed by atoms with Crippen LogP contribution in [0.3, 0.4) is 0 Å². The Kier molecular flexibility index (Phi) is 40.1. The van der Waals surface area contributed by atoms with Gasteiger partial charge in [0, 0.05) is 6.42 Å². The van der Waals surface area contributed by atoms with Crippen molar-refractivity contribution < 1.29 is 32.9 Å². The van der Waals surface area contributed by atoms with Crippen molar-refractivity contribution in [3.63, 3.8) is 0 Å². The van der Waals surface area contributed by atoms with Crippen LogP contribution in [-0.4, -0.2) is 68.5 Å². The number of carbonyl (C=O) groups excluding carboxylic acids is 1. The van der Waals surface area contributed by atoms with Crippen LogP contribution in [0.4, 0.5) is 0 Å². The molecule has 0 saturated carbocycles. The molecule has 0 bridgehead atoms. The van der Waals surface area contributed by atoms with Crippen LogP contribution in [0.1, 0.15) is 239 Å². The summed E-state index contributed by atoms with van der Waals surface area (Å²) in [6.07, 6.45) is 47.2. The van der Waals surface area contributed by atoms with E-state index in [4.69, 9.17) is 9.05 Å². The van der Waals surface area contributed by atoms with Gasteiger partial charge in [-0.25, -0.2) is 0 Å². The fourth-order valence-corrected chi connectivity index (χ4v) is 8.05. The van der Waals surface area contributed by atoms with Gasteiger partial charge in [0.25, 0.3) is 7.82 Å². The predicted molar refractivity (Wildman–Crippen MR) is 242 cm³/mol. The van der Waals surface area contributed by atoms with Crippen molar-refractivity contribution in [2.45, 2.75) is 251 Å². The zero-order valence-electron chi connectivity index (χ0n) is 38.6. The highest BCUT2D eigenvalue weighted by Gasteiger charge is 2.23. The van der Waals surface area contributed by atoms with E-state index >= 15 is 0 Å². The Morgan fingerprint density at radius 3 is 1.32 bits per heavy atom. The van der Waals surface area contributed by atoms with E-state index in [1.54, 1.807) is 6.08 Å². The molecule has 0 heterocycles. The van der Waals surface area contributed by atoms with Crippen LogP contribution < -0.4 is 10.2 Å². The first-order valence-corrected chi connectivity index (χ1v) is 26.0. The van der Waals surface area contributed by atoms with Gasteiger partial charge >= 0.3 is 0 Å². The van der Waals surface area contributed by atoms with Gasteiger partial charge in [-0.05, 0) is 19.3 Å². The third kappa shape index (κ3) is 43.1. The summed E-state index contributed by atoms with van der Waals surface area (Å²) in [4.78, 5) is 25.3. The Balaban J connectivity index is 4.05. The van der Waals surface area contributed by atoms with E-state index in [9.17, 15) is 19.4 Å². The molecule has 9 heteroatoms. The maximum atomic E-state index is 12.8. The number of phosphoric ester groups is 1. The highest BCUT2D eigenvalue weighted by molar-refractivity contribution is 7.45. The summed E-state index contributed by atoms with van der Waals surface area (Å²) in [6.45, 7) is 4.64. The van der Waals surface area contributed by atoms with Crippen molar-refractivity contribution in [1.29, 1.82) is 0 Å². The molecule has 0 radical (unpaired) electrons. The van der Waals surface area contributed by atoms with Gasteiger partial charge < -0.3 is 28.8 Å². The van der Waals surface area contributed by atoms with Crippen molar-refractivity contribution >= 4 is 13.7 Å². The number of amides is 1. The van der Waals surface area contributed by atoms with E-state index in [1.165, 1.54) is 180 Å². The molecular weight excluding hydrogens is 732 g/mol. The normalized spacial score (nSPS) is 14.3. The van der Waals surface area contributed by atoms with E-state index < -0.39 is 20.0 Å². The minimum atomic E-state index is -4.58. The minimum absolute atomic E-state index is 0.00180. The molecule has 0 aliphatic heterocycles. The molecule has 0 aliphatic carbocycles. The average Bonchev–Trinajstić information content (AvgIpc) is 3.16. The Morgan fingerprint density at radius 2 is 0.947 bits per heavy atom. The van der Waals surface area contributed by atoms with E-state index in [0.717, 1.165) is 38.5 Å². The molecule has 8 nitrogen and oxygen atoms in total. The topological polar surface area (TPSA) is 108 Å². The second kappa shape index (κ2) is 40.6. The van der Waals surface area contributed by atoms with E-state index in [-0.39, 0.29) is 19.1 Å². The molecule has 0 fully saturated rings. The van der Waals surface area contributed by atoms with Crippen LogP contribution in [0.5, 0.6) is 0 Å². The summed E-state index contributed by atoms with van der Waals surface area (Å²) in [5, 5.41) is 13.7. The lowest BCUT2D eigenvalue weighted by Gasteiger charge is -2.29. The number of likely N-dealkylation sites (N-methyl/N-ethyl adjacent to an activating group) is 1. The fourth-order valence-electron chi connectivity index (χ4n) is 7.33. The first-order chi connectivity index (χ1) is 27.5. The molecule has 340 valence electrons. The number of quaternary nitrogens is 1. The Labute approximate surface area is 354 Å². The van der Waals surface area contributed by atoms with Gasteiger partial charge in [0.1, 0.15) is 13.2 Å². The third-order valence-electron chi connectivity index (χ3n) is 11.2. The molecule has 0 aliphatic rings. The lowest BCUT2D eigenvalue weighted by atomic mass is 10.0. The van der Waals surface area contributed by atoms with Crippen LogP contribution >= 0.6 is 7.82 Å². The first-order valence-electron chi connectivity index (χ1n) is 24.6. The number of aliphatic hydroxyl groups excluding tert-OH is 1. The predicted octanol–water partition coefficient (Wildman–Crippen LogP) is 13.3. The lowest BCUT2D eigenvalue weighted by Crippen LogP contribution is -2.45. The van der Waals surface area contributed by atoms with Gasteiger partial charge in [0.05, 0.1) is 39.9 Å². The Bertz CT molecular complexity index is 942. The summed E-state index contributed by atoms with van der Waals surface area (Å²) in [6, 6.07) is -0.879. The SMILES string of the molecule is CCCCCCCCC/C=C/[C@@H](O)[C@H](COP(=O)([O-])OCC[N+](C)(C)C)NC(=O)CCCCCCCCCCCCCCCCCCCCCCCCCCCC. The van der Waals surface area contributed by atoms with Gasteiger partial charge in [-0.15, -0.1) is 0 Å². The number of hydrogen-bond donors (Lipinski definition) is 2. The third-order valence-corrected chi connectivity index (χ3v) is 12.2. The van der Waals surface area contributed by atoms with Crippen LogP contribution in [0.15, 0.2) is 12.2 Å². The second-order valence-electron chi connectivity index (χ2n) is 18.2. The second-order valence-corrected chi connectivity index (χ2v) is 19.6. The molecule has 0 saturated heterocycles. The number of phosphoric acid groups is 1. The molecule has 1 unspecified atom stereocenters. The number of allylic oxidation sites excluding steroid dienone is 1. The molecule has 1 amide bonds. The summed E-state index contributed by atoms with van der Waals surface area (Å²) < 4.78 is 23.2. The van der Waals surface area contributed by atoms with Gasteiger partial charge in [0.2, 0.25) is 5.91 Å². The van der Waals surface area contributed by atoms with Crippen molar-refractivity contribution in [3.8, 4) is 0 Å². The van der Waals surface area contributed by atoms with Crippen LogP contribution in [0.2, 0.25) is 0 Å². The average molecular weight is 829 g/mol. The number of unbranched alkanes of at least 4 members (excludes halogenated alkanes) is 32. The fraction of sp³-hybridized carbons (Fsp3) is 0.938. The van der Waals surface area contributed by atoms with Gasteiger partial charge in [-0.2, -0.15) is 0 Å². The number of rotatable bonds is 45. The minimum Gasteiger partial charge on any atom is -0.756 e. The maximum Gasteiger partial charge on any atom is 0.268 e. The zero-order valence-corrected chi connectivity index (χ0v) is 39.5. The molecule has 0 rings (SSSR count). The monoisotopic (exact) mass is 829 g/mol. The summed E-state index contributed by atoms with van der Waals surface area (Å²) in [5.41, 5.74) is 0. The summed E-state index contributed by atoms with van der Waals surface area (Å²) in [5.74, 6) is -0.195. The largest absolute Gasteiger partial charge is 0.756 e. The van der Waals surface area contributed by atoms with E-state index in [0.29, 0.717) is 17.4 Å². The lowest BCUT2D eigenvalue weighted by molar-refractivity contribution is -0.870. The van der Waals surface area contributed by atoms with Gasteiger partial charge in [-0.1, -0.05) is 225 Å². The van der Waals surface area contributed by atoms with Crippen molar-refractivity contribution in [1.82, 2.24) is 5.32 Å². The van der Waals surface area contributed by atoms with E-state index in [1.807, 2.05) is 27.2 Å². The van der Waals surface area contributed by atoms with Gasteiger partial charge in [0.15, 0.2) is 0 Å². The maximum absolute atomic E-state index is 12.8. The zero-order chi connectivity index (χ0) is 42.1. The van der Waals surface area contributed by atoms with Crippen LogP contribution in [-0.2, 0) is 18.4 Å². The number of nitrogens with zero attached hydrogens (tertiary/aromatic N) is 1. The first kappa shape index (κ1) is 56.2.